The van der Waals surface area contributed by atoms with Crippen LogP contribution in [0.15, 0.2) is 48.5 Å². The normalized spacial score (nSPS) is 20.8. The zero-order valence-electron chi connectivity index (χ0n) is 20.7. The highest BCUT2D eigenvalue weighted by Gasteiger charge is 2.55. The lowest BCUT2D eigenvalue weighted by Crippen LogP contribution is -2.57. The Kier molecular flexibility index (Phi) is 7.68. The smallest absolute Gasteiger partial charge is 0.325 e. The number of likely N-dealkylation sites (N-methyl/N-ethyl adjacent to an activating group) is 1. The van der Waals surface area contributed by atoms with E-state index in [-0.39, 0.29) is 29.3 Å². The van der Waals surface area contributed by atoms with Crippen molar-refractivity contribution in [2.24, 2.45) is 5.92 Å². The maximum Gasteiger partial charge on any atom is 0.325 e. The van der Waals surface area contributed by atoms with E-state index in [4.69, 9.17) is 0 Å². The number of amides is 4. The molecule has 2 saturated heterocycles. The Morgan fingerprint density at radius 2 is 1.75 bits per heavy atom. The van der Waals surface area contributed by atoms with Crippen molar-refractivity contribution >= 4 is 17.8 Å². The first-order valence-electron chi connectivity index (χ1n) is 12.3. The molecular formula is C27H32F2N4O3. The van der Waals surface area contributed by atoms with Crippen molar-refractivity contribution in [3.8, 4) is 0 Å². The molecule has 2 heterocycles. The highest BCUT2D eigenvalue weighted by molar-refractivity contribution is 6.07. The molecular weight excluding hydrogens is 466 g/mol. The fourth-order valence-corrected chi connectivity index (χ4v) is 5.17. The monoisotopic (exact) mass is 498 g/mol. The predicted octanol–water partition coefficient (Wildman–Crippen LogP) is 3.30. The average Bonchev–Trinajstić information content (AvgIpc) is 3.12. The first-order chi connectivity index (χ1) is 17.2. The van der Waals surface area contributed by atoms with Gasteiger partial charge in [-0.3, -0.25) is 14.5 Å². The number of carbonyl (C=O) groups excluding carboxylic acids is 3. The van der Waals surface area contributed by atoms with Crippen molar-refractivity contribution < 1.29 is 23.2 Å². The number of rotatable bonds is 8. The molecule has 2 fully saturated rings. The summed E-state index contributed by atoms with van der Waals surface area (Å²) >= 11 is 0. The van der Waals surface area contributed by atoms with Crippen molar-refractivity contribution in [3.05, 3.63) is 71.3 Å². The maximum absolute atomic E-state index is 13.7. The molecule has 0 spiro atoms. The number of benzene rings is 2. The first-order valence-corrected chi connectivity index (χ1v) is 12.3. The van der Waals surface area contributed by atoms with Crippen molar-refractivity contribution in [2.75, 3.05) is 40.3 Å². The van der Waals surface area contributed by atoms with Gasteiger partial charge in [-0.2, -0.15) is 0 Å². The summed E-state index contributed by atoms with van der Waals surface area (Å²) in [6.45, 7) is 1.58. The van der Waals surface area contributed by atoms with Gasteiger partial charge in [0, 0.05) is 31.7 Å². The number of nitrogens with one attached hydrogen (secondary N) is 1. The van der Waals surface area contributed by atoms with Gasteiger partial charge in [-0.25, -0.2) is 13.6 Å². The van der Waals surface area contributed by atoms with Crippen LogP contribution in [0.3, 0.4) is 0 Å². The number of halogens is 2. The Labute approximate surface area is 210 Å². The molecule has 36 heavy (non-hydrogen) atoms. The average molecular weight is 499 g/mol. The number of carbonyl (C=O) groups is 3. The zero-order valence-corrected chi connectivity index (χ0v) is 20.7. The second kappa shape index (κ2) is 10.7. The summed E-state index contributed by atoms with van der Waals surface area (Å²) in [4.78, 5) is 44.4. The Balaban J connectivity index is 1.51. The van der Waals surface area contributed by atoms with Gasteiger partial charge in [0.1, 0.15) is 5.54 Å². The van der Waals surface area contributed by atoms with Gasteiger partial charge in [0.25, 0.3) is 11.8 Å². The quantitative estimate of drug-likeness (QED) is 0.567. The van der Waals surface area contributed by atoms with Gasteiger partial charge >= 0.3 is 6.03 Å². The fraction of sp³-hybridized carbons (Fsp3) is 0.444. The molecule has 2 aliphatic heterocycles. The van der Waals surface area contributed by atoms with E-state index in [9.17, 15) is 23.2 Å². The van der Waals surface area contributed by atoms with E-state index in [1.165, 1.54) is 11.0 Å². The van der Waals surface area contributed by atoms with E-state index < -0.39 is 17.2 Å². The summed E-state index contributed by atoms with van der Waals surface area (Å²) in [5.41, 5.74) is 0.124. The minimum Gasteiger partial charge on any atom is -0.339 e. The number of hydrogen-bond donors (Lipinski definition) is 1. The summed E-state index contributed by atoms with van der Waals surface area (Å²) in [5.74, 6) is -2.81. The SMILES string of the molecule is CN(C)CCN1C(=O)NC(CCc2ccccc2)(C2CCN(C(=O)c3ccc(F)c(F)c3)CC2)C1=O. The molecule has 0 aliphatic carbocycles. The topological polar surface area (TPSA) is 73.0 Å². The Morgan fingerprint density at radius 1 is 1.06 bits per heavy atom. The Hall–Kier alpha value is -3.33. The summed E-state index contributed by atoms with van der Waals surface area (Å²) in [6, 6.07) is 12.6. The molecule has 2 aromatic carbocycles. The zero-order chi connectivity index (χ0) is 25.9. The molecule has 7 nitrogen and oxygen atoms in total. The van der Waals surface area contributed by atoms with Crippen LogP contribution < -0.4 is 5.32 Å². The van der Waals surface area contributed by atoms with Crippen LogP contribution in [0.4, 0.5) is 13.6 Å². The number of imide groups is 1. The molecule has 0 bridgehead atoms. The third kappa shape index (κ3) is 5.26. The standard InChI is InChI=1S/C27H32F2N4O3/c1-31(2)16-17-33-25(35)27(30-26(33)36,13-10-19-6-4-3-5-7-19)21-11-14-32(15-12-21)24(34)20-8-9-22(28)23(29)18-20/h3-9,18,21H,10-17H2,1-2H3,(H,30,36). The van der Waals surface area contributed by atoms with Crippen LogP contribution in [0.5, 0.6) is 0 Å². The lowest BCUT2D eigenvalue weighted by atomic mass is 9.74. The lowest BCUT2D eigenvalue weighted by Gasteiger charge is -2.41. The molecule has 2 aromatic rings. The van der Waals surface area contributed by atoms with Crippen molar-refractivity contribution in [3.63, 3.8) is 0 Å². The summed E-state index contributed by atoms with van der Waals surface area (Å²) in [7, 11) is 3.78. The number of aryl methyl sites for hydroxylation is 1. The fourth-order valence-electron chi connectivity index (χ4n) is 5.17. The molecule has 0 radical (unpaired) electrons. The third-order valence-electron chi connectivity index (χ3n) is 7.27. The number of nitrogens with zero attached hydrogens (tertiary/aromatic N) is 3. The molecule has 9 heteroatoms. The molecule has 0 saturated carbocycles. The number of likely N-dealkylation sites (tertiary alicyclic amines) is 1. The second-order valence-corrected chi connectivity index (χ2v) is 9.84. The van der Waals surface area contributed by atoms with Gasteiger partial charge < -0.3 is 15.1 Å². The Bertz CT molecular complexity index is 1120. The van der Waals surface area contributed by atoms with Crippen molar-refractivity contribution in [2.45, 2.75) is 31.2 Å². The van der Waals surface area contributed by atoms with Gasteiger partial charge in [-0.15, -0.1) is 0 Å². The van der Waals surface area contributed by atoms with Crippen LogP contribution in [0, 0.1) is 17.6 Å². The van der Waals surface area contributed by atoms with Crippen LogP contribution in [0.1, 0.15) is 35.2 Å². The third-order valence-corrected chi connectivity index (χ3v) is 7.27. The number of piperidine rings is 1. The van der Waals surface area contributed by atoms with Crippen LogP contribution in [0.25, 0.3) is 0 Å². The van der Waals surface area contributed by atoms with E-state index in [0.717, 1.165) is 17.7 Å². The first kappa shape index (κ1) is 25.8. The summed E-state index contributed by atoms with van der Waals surface area (Å²) < 4.78 is 26.9. The number of hydrogen-bond acceptors (Lipinski definition) is 4. The van der Waals surface area contributed by atoms with E-state index in [1.54, 1.807) is 4.90 Å². The van der Waals surface area contributed by atoms with Gasteiger partial charge in [-0.1, -0.05) is 30.3 Å². The van der Waals surface area contributed by atoms with Gasteiger partial charge in [0.2, 0.25) is 0 Å². The second-order valence-electron chi connectivity index (χ2n) is 9.84. The molecule has 192 valence electrons. The maximum atomic E-state index is 13.7. The molecule has 2 aliphatic rings. The van der Waals surface area contributed by atoms with Crippen molar-refractivity contribution in [1.29, 1.82) is 0 Å². The largest absolute Gasteiger partial charge is 0.339 e. The minimum atomic E-state index is -1.06. The van der Waals surface area contributed by atoms with E-state index in [0.29, 0.717) is 51.9 Å². The molecule has 1 N–H and O–H groups in total. The molecule has 4 rings (SSSR count). The summed E-state index contributed by atoms with van der Waals surface area (Å²) in [5, 5.41) is 3.04. The molecule has 1 unspecified atom stereocenters. The summed E-state index contributed by atoms with van der Waals surface area (Å²) in [6.07, 6.45) is 2.11. The Morgan fingerprint density at radius 3 is 2.39 bits per heavy atom. The van der Waals surface area contributed by atoms with E-state index in [2.05, 4.69) is 5.32 Å². The van der Waals surface area contributed by atoms with Gasteiger partial charge in [0.05, 0.1) is 0 Å². The van der Waals surface area contributed by atoms with E-state index >= 15 is 0 Å². The highest BCUT2D eigenvalue weighted by Crippen LogP contribution is 2.37. The lowest BCUT2D eigenvalue weighted by molar-refractivity contribution is -0.134. The van der Waals surface area contributed by atoms with E-state index in [1.807, 2.05) is 49.3 Å². The number of urea groups is 1. The van der Waals surface area contributed by atoms with Gasteiger partial charge in [0.15, 0.2) is 11.6 Å². The van der Waals surface area contributed by atoms with Crippen LogP contribution in [-0.2, 0) is 11.2 Å². The molecule has 1 atom stereocenters. The molecule has 0 aromatic heterocycles. The van der Waals surface area contributed by atoms with Crippen molar-refractivity contribution in [1.82, 2.24) is 20.0 Å². The van der Waals surface area contributed by atoms with Crippen LogP contribution in [-0.4, -0.2) is 78.4 Å². The van der Waals surface area contributed by atoms with Crippen LogP contribution in [0.2, 0.25) is 0 Å². The van der Waals surface area contributed by atoms with Crippen LogP contribution >= 0.6 is 0 Å². The van der Waals surface area contributed by atoms with Gasteiger partial charge in [-0.05, 0) is 69.5 Å². The predicted molar refractivity (Wildman–Crippen MR) is 131 cm³/mol. The molecule has 4 amide bonds. The highest BCUT2D eigenvalue weighted by atomic mass is 19.2. The minimum absolute atomic E-state index is 0.0891.